The van der Waals surface area contributed by atoms with Crippen molar-refractivity contribution in [3.63, 3.8) is 0 Å². The summed E-state index contributed by atoms with van der Waals surface area (Å²) in [5.74, 6) is 0. The van der Waals surface area contributed by atoms with Crippen LogP contribution in [-0.2, 0) is 25.8 Å². The fraction of sp³-hybridized carbons (Fsp3) is 0.900. The van der Waals surface area contributed by atoms with Crippen LogP contribution in [0.4, 0.5) is 0 Å². The van der Waals surface area contributed by atoms with E-state index in [1.54, 1.807) is 0 Å². The second kappa shape index (κ2) is 38.4. The van der Waals surface area contributed by atoms with Crippen molar-refractivity contribution >= 4 is 0 Å². The van der Waals surface area contributed by atoms with Crippen LogP contribution in [0.3, 0.4) is 0 Å². The van der Waals surface area contributed by atoms with Crippen molar-refractivity contribution in [3.05, 3.63) is 13.8 Å². The molecule has 0 aliphatic heterocycles. The molecule has 0 aromatic rings. The van der Waals surface area contributed by atoms with Crippen LogP contribution in [0.15, 0.2) is 0 Å². The minimum absolute atomic E-state index is 0. The molecule has 0 rings (SSSR count). The zero-order valence-electron chi connectivity index (χ0n) is 16.2. The first-order valence-corrected chi connectivity index (χ1v) is 9.41. The molecule has 0 aliphatic carbocycles. The van der Waals surface area contributed by atoms with E-state index in [9.17, 15) is 0 Å². The van der Waals surface area contributed by atoms with Crippen molar-refractivity contribution < 1.29 is 36.8 Å². The average molecular weight is 497 g/mol. The number of hydrogen-bond acceptors (Lipinski definition) is 0. The quantitative estimate of drug-likeness (QED) is 0.154. The van der Waals surface area contributed by atoms with E-state index in [1.807, 2.05) is 0 Å². The minimum atomic E-state index is 0. The van der Waals surface area contributed by atoms with Crippen LogP contribution in [0.25, 0.3) is 0 Å². The predicted molar refractivity (Wildman–Crippen MR) is 103 cm³/mol. The van der Waals surface area contributed by atoms with Crippen LogP contribution in [0.1, 0.15) is 117 Å². The summed E-state index contributed by atoms with van der Waals surface area (Å²) in [5.41, 5.74) is 0. The van der Waals surface area contributed by atoms with Crippen LogP contribution in [0.2, 0.25) is 0 Å². The molecule has 0 amide bonds. The molecule has 0 aromatic heterocycles. The molecular formula is C20H46HfO2-2. The van der Waals surface area contributed by atoms with E-state index in [-0.39, 0.29) is 36.8 Å². The molecule has 0 heterocycles. The second-order valence-corrected chi connectivity index (χ2v) is 5.95. The Labute approximate surface area is 167 Å². The van der Waals surface area contributed by atoms with Crippen LogP contribution in [0.5, 0.6) is 0 Å². The normalized spacial score (nSPS) is 8.87. The topological polar surface area (TPSA) is 63.0 Å². The molecule has 0 saturated carbocycles. The van der Waals surface area contributed by atoms with Crippen molar-refractivity contribution in [2.24, 2.45) is 0 Å². The van der Waals surface area contributed by atoms with Crippen LogP contribution < -0.4 is 0 Å². The molecular weight excluding hydrogens is 451 g/mol. The van der Waals surface area contributed by atoms with Crippen LogP contribution >= 0.6 is 0 Å². The Morgan fingerprint density at radius 3 is 0.870 bits per heavy atom. The molecule has 0 radical (unpaired) electrons. The van der Waals surface area contributed by atoms with Gasteiger partial charge in [-0.05, 0) is 0 Å². The third-order valence-corrected chi connectivity index (χ3v) is 3.71. The minimum Gasteiger partial charge on any atom is -0.412 e. The monoisotopic (exact) mass is 498 g/mol. The SMILES string of the molecule is O.O.[CH2-]CCCCCCCCC.[CH2-]CCCCCCCCC.[Hf]. The van der Waals surface area contributed by atoms with Gasteiger partial charge >= 0.3 is 0 Å². The van der Waals surface area contributed by atoms with Gasteiger partial charge in [0.25, 0.3) is 0 Å². The van der Waals surface area contributed by atoms with Crippen molar-refractivity contribution in [1.82, 2.24) is 0 Å². The molecule has 2 nitrogen and oxygen atoms in total. The Bertz CT molecular complexity index is 112. The van der Waals surface area contributed by atoms with Crippen LogP contribution in [0, 0.1) is 13.8 Å². The zero-order valence-corrected chi connectivity index (χ0v) is 19.8. The standard InChI is InChI=1S/2C10H21.Hf.2H2O/c2*1-3-5-7-9-10-8-6-4-2;;;/h2*1,3-10H2,2H3;;2*1H2/q2*-1;;;. The second-order valence-electron chi connectivity index (χ2n) is 5.95. The van der Waals surface area contributed by atoms with E-state index in [4.69, 9.17) is 0 Å². The maximum atomic E-state index is 3.82. The third-order valence-electron chi connectivity index (χ3n) is 3.71. The summed E-state index contributed by atoms with van der Waals surface area (Å²) < 4.78 is 0. The van der Waals surface area contributed by atoms with Gasteiger partial charge in [-0.3, -0.25) is 0 Å². The molecule has 0 saturated heterocycles. The van der Waals surface area contributed by atoms with Gasteiger partial charge < -0.3 is 24.8 Å². The Morgan fingerprint density at radius 2 is 0.652 bits per heavy atom. The van der Waals surface area contributed by atoms with E-state index in [2.05, 4.69) is 27.7 Å². The van der Waals surface area contributed by atoms with Gasteiger partial charge in [-0.1, -0.05) is 104 Å². The van der Waals surface area contributed by atoms with Crippen molar-refractivity contribution in [1.29, 1.82) is 0 Å². The number of hydrogen-bond donors (Lipinski definition) is 0. The van der Waals surface area contributed by atoms with E-state index >= 15 is 0 Å². The Kier molecular flexibility index (Phi) is 58.4. The van der Waals surface area contributed by atoms with Gasteiger partial charge in [0.2, 0.25) is 0 Å². The van der Waals surface area contributed by atoms with Crippen LogP contribution in [-0.4, -0.2) is 11.0 Å². The summed E-state index contributed by atoms with van der Waals surface area (Å²) in [5, 5.41) is 0. The predicted octanol–water partition coefficient (Wildman–Crippen LogP) is 6.27. The Hall–Kier alpha value is 0.790. The third kappa shape index (κ3) is 45.0. The maximum Gasteiger partial charge on any atom is 0 e. The molecule has 3 heteroatoms. The summed E-state index contributed by atoms with van der Waals surface area (Å²) in [6.07, 6.45) is 21.8. The molecule has 23 heavy (non-hydrogen) atoms. The molecule has 0 fully saturated rings. The molecule has 0 bridgehead atoms. The first kappa shape index (κ1) is 35.0. The largest absolute Gasteiger partial charge is 0.412 e. The molecule has 144 valence electrons. The summed E-state index contributed by atoms with van der Waals surface area (Å²) in [6.45, 7) is 12.2. The first-order chi connectivity index (χ1) is 9.83. The maximum absolute atomic E-state index is 3.82. The summed E-state index contributed by atoms with van der Waals surface area (Å²) >= 11 is 0. The van der Waals surface area contributed by atoms with Gasteiger partial charge in [0.1, 0.15) is 0 Å². The molecule has 0 atom stereocenters. The summed E-state index contributed by atoms with van der Waals surface area (Å²) in [7, 11) is 0. The fourth-order valence-corrected chi connectivity index (χ4v) is 2.27. The Balaban J connectivity index is -0.0000000831. The van der Waals surface area contributed by atoms with Crippen molar-refractivity contribution in [2.75, 3.05) is 0 Å². The average Bonchev–Trinajstić information content (AvgIpc) is 2.47. The molecule has 0 spiro atoms. The fourth-order valence-electron chi connectivity index (χ4n) is 2.27. The van der Waals surface area contributed by atoms with Crippen molar-refractivity contribution in [3.8, 4) is 0 Å². The van der Waals surface area contributed by atoms with Gasteiger partial charge in [0.15, 0.2) is 0 Å². The van der Waals surface area contributed by atoms with Crippen molar-refractivity contribution in [2.45, 2.75) is 117 Å². The molecule has 0 aromatic carbocycles. The Morgan fingerprint density at radius 1 is 0.435 bits per heavy atom. The zero-order chi connectivity index (χ0) is 15.3. The summed E-state index contributed by atoms with van der Waals surface area (Å²) in [6, 6.07) is 0. The van der Waals surface area contributed by atoms with Gasteiger partial charge in [-0.15, -0.1) is 0 Å². The summed E-state index contributed by atoms with van der Waals surface area (Å²) in [4.78, 5) is 0. The number of unbranched alkanes of at least 4 members (excludes halogenated alkanes) is 14. The van der Waals surface area contributed by atoms with E-state index in [1.165, 1.54) is 89.9 Å². The van der Waals surface area contributed by atoms with Gasteiger partial charge in [-0.2, -0.15) is 12.8 Å². The van der Waals surface area contributed by atoms with Gasteiger partial charge in [-0.25, -0.2) is 0 Å². The molecule has 4 N–H and O–H groups in total. The number of rotatable bonds is 14. The van der Waals surface area contributed by atoms with Gasteiger partial charge in [0, 0.05) is 25.8 Å². The molecule has 0 unspecified atom stereocenters. The van der Waals surface area contributed by atoms with Gasteiger partial charge in [0.05, 0.1) is 0 Å². The van der Waals surface area contributed by atoms with E-state index in [0.717, 1.165) is 12.8 Å². The smallest absolute Gasteiger partial charge is 0 e. The van der Waals surface area contributed by atoms with E-state index < -0.39 is 0 Å². The molecule has 0 aliphatic rings. The van der Waals surface area contributed by atoms with E-state index in [0.29, 0.717) is 0 Å². The first-order valence-electron chi connectivity index (χ1n) is 9.41.